The Kier molecular flexibility index (Phi) is 6.53. The smallest absolute Gasteiger partial charge is 0.119 e. The molecular formula is C17H23ClN2O. The van der Waals surface area contributed by atoms with Crippen LogP contribution in [0.3, 0.4) is 0 Å². The van der Waals surface area contributed by atoms with Crippen LogP contribution >= 0.6 is 12.4 Å². The zero-order valence-electron chi connectivity index (χ0n) is 12.5. The summed E-state index contributed by atoms with van der Waals surface area (Å²) in [5, 5.41) is 1.22. The van der Waals surface area contributed by atoms with Crippen LogP contribution in [-0.2, 0) is 19.4 Å². The van der Waals surface area contributed by atoms with E-state index in [0.29, 0.717) is 6.54 Å². The van der Waals surface area contributed by atoms with Gasteiger partial charge in [0.05, 0.1) is 7.11 Å². The van der Waals surface area contributed by atoms with Crippen LogP contribution in [0.15, 0.2) is 43.5 Å². The molecule has 0 aliphatic heterocycles. The minimum atomic E-state index is 0. The molecule has 114 valence electrons. The number of nitrogens with two attached hydrogens (primary N) is 1. The number of halogens is 1. The van der Waals surface area contributed by atoms with Crippen molar-refractivity contribution in [3.05, 3.63) is 54.8 Å². The van der Waals surface area contributed by atoms with Gasteiger partial charge in [-0.25, -0.2) is 0 Å². The molecule has 2 N–H and O–H groups in total. The first-order valence-corrected chi connectivity index (χ1v) is 6.86. The standard InChI is InChI=1S/C17H22N2O.ClH/c1-4-6-16-14(9-10-18)15-12-13(20-3)7-8-17(15)19(16)11-5-2;/h4-5,7-8,12H,1-2,6,9-11,18H2,3H3;1H. The topological polar surface area (TPSA) is 40.2 Å². The van der Waals surface area contributed by atoms with Gasteiger partial charge in [-0.3, -0.25) is 0 Å². The SMILES string of the molecule is C=CCc1c(CCN)c2cc(OC)ccc2n1CC=C.Cl. The molecule has 0 atom stereocenters. The summed E-state index contributed by atoms with van der Waals surface area (Å²) < 4.78 is 7.63. The molecule has 0 aliphatic carbocycles. The van der Waals surface area contributed by atoms with Crippen molar-refractivity contribution < 1.29 is 4.74 Å². The van der Waals surface area contributed by atoms with Gasteiger partial charge in [-0.05, 0) is 36.7 Å². The van der Waals surface area contributed by atoms with Crippen LogP contribution in [-0.4, -0.2) is 18.2 Å². The summed E-state index contributed by atoms with van der Waals surface area (Å²) in [4.78, 5) is 0. The highest BCUT2D eigenvalue weighted by molar-refractivity contribution is 5.87. The fourth-order valence-corrected chi connectivity index (χ4v) is 2.71. The maximum absolute atomic E-state index is 5.78. The van der Waals surface area contributed by atoms with Crippen molar-refractivity contribution in [1.82, 2.24) is 4.57 Å². The number of aromatic nitrogens is 1. The van der Waals surface area contributed by atoms with E-state index in [4.69, 9.17) is 10.5 Å². The fourth-order valence-electron chi connectivity index (χ4n) is 2.71. The van der Waals surface area contributed by atoms with E-state index in [1.54, 1.807) is 7.11 Å². The molecule has 0 amide bonds. The second-order valence-electron chi connectivity index (χ2n) is 4.74. The van der Waals surface area contributed by atoms with Crippen LogP contribution in [0.2, 0.25) is 0 Å². The Morgan fingerprint density at radius 3 is 2.62 bits per heavy atom. The average Bonchev–Trinajstić information content (AvgIpc) is 2.74. The fraction of sp³-hybridized carbons (Fsp3) is 0.294. The Balaban J connectivity index is 0.00000220. The Hall–Kier alpha value is -1.71. The van der Waals surface area contributed by atoms with E-state index >= 15 is 0 Å². The first-order valence-electron chi connectivity index (χ1n) is 6.86. The molecular weight excluding hydrogens is 284 g/mol. The molecule has 1 aromatic heterocycles. The Morgan fingerprint density at radius 2 is 2.05 bits per heavy atom. The van der Waals surface area contributed by atoms with Gasteiger partial charge in [-0.1, -0.05) is 12.2 Å². The lowest BCUT2D eigenvalue weighted by Crippen LogP contribution is -2.07. The van der Waals surface area contributed by atoms with Gasteiger partial charge in [0, 0.05) is 29.6 Å². The molecule has 0 saturated heterocycles. The maximum atomic E-state index is 5.78. The Morgan fingerprint density at radius 1 is 1.29 bits per heavy atom. The second kappa shape index (κ2) is 7.91. The summed E-state index contributed by atoms with van der Waals surface area (Å²) in [6, 6.07) is 6.18. The van der Waals surface area contributed by atoms with Gasteiger partial charge in [0.2, 0.25) is 0 Å². The second-order valence-corrected chi connectivity index (χ2v) is 4.74. The zero-order chi connectivity index (χ0) is 14.5. The molecule has 0 bridgehead atoms. The van der Waals surface area contributed by atoms with E-state index in [1.165, 1.54) is 22.2 Å². The minimum absolute atomic E-state index is 0. The first kappa shape index (κ1) is 17.3. The number of rotatable bonds is 7. The maximum Gasteiger partial charge on any atom is 0.119 e. The third-order valence-electron chi connectivity index (χ3n) is 3.54. The number of benzene rings is 1. The monoisotopic (exact) mass is 306 g/mol. The molecule has 3 nitrogen and oxygen atoms in total. The molecule has 2 rings (SSSR count). The van der Waals surface area contributed by atoms with E-state index in [1.807, 2.05) is 18.2 Å². The molecule has 21 heavy (non-hydrogen) atoms. The molecule has 0 saturated carbocycles. The number of hydrogen-bond donors (Lipinski definition) is 1. The van der Waals surface area contributed by atoms with Gasteiger partial charge < -0.3 is 15.0 Å². The van der Waals surface area contributed by atoms with Crippen molar-refractivity contribution in [1.29, 1.82) is 0 Å². The van der Waals surface area contributed by atoms with Crippen molar-refractivity contribution in [2.24, 2.45) is 5.73 Å². The van der Waals surface area contributed by atoms with Crippen molar-refractivity contribution in [3.8, 4) is 5.75 Å². The zero-order valence-corrected chi connectivity index (χ0v) is 13.3. The van der Waals surface area contributed by atoms with Crippen molar-refractivity contribution in [2.75, 3.05) is 13.7 Å². The molecule has 0 aliphatic rings. The van der Waals surface area contributed by atoms with Crippen molar-refractivity contribution in [2.45, 2.75) is 19.4 Å². The highest BCUT2D eigenvalue weighted by Crippen LogP contribution is 2.30. The van der Waals surface area contributed by atoms with E-state index < -0.39 is 0 Å². The van der Waals surface area contributed by atoms with Gasteiger partial charge in [0.1, 0.15) is 5.75 Å². The van der Waals surface area contributed by atoms with E-state index in [0.717, 1.165) is 25.1 Å². The number of fused-ring (bicyclic) bond motifs is 1. The summed E-state index contributed by atoms with van der Waals surface area (Å²) in [6.07, 6.45) is 5.55. The van der Waals surface area contributed by atoms with Gasteiger partial charge >= 0.3 is 0 Å². The first-order chi connectivity index (χ1) is 9.76. The van der Waals surface area contributed by atoms with Gasteiger partial charge in [-0.15, -0.1) is 25.6 Å². The molecule has 0 fully saturated rings. The highest BCUT2D eigenvalue weighted by atomic mass is 35.5. The van der Waals surface area contributed by atoms with Crippen LogP contribution in [0, 0.1) is 0 Å². The summed E-state index contributed by atoms with van der Waals surface area (Å²) in [7, 11) is 1.69. The third kappa shape index (κ3) is 3.31. The molecule has 0 unspecified atom stereocenters. The molecule has 1 heterocycles. The summed E-state index contributed by atoms with van der Waals surface area (Å²) in [6.45, 7) is 9.15. The molecule has 0 spiro atoms. The van der Waals surface area contributed by atoms with Crippen molar-refractivity contribution in [3.63, 3.8) is 0 Å². The lowest BCUT2D eigenvalue weighted by Gasteiger charge is -2.08. The Labute approximate surface area is 132 Å². The van der Waals surface area contributed by atoms with Gasteiger partial charge in [0.15, 0.2) is 0 Å². The molecule has 4 heteroatoms. The number of allylic oxidation sites excluding steroid dienone is 2. The number of nitrogens with zero attached hydrogens (tertiary/aromatic N) is 1. The predicted octanol–water partition coefficient (Wildman–Crippen LogP) is 3.49. The van der Waals surface area contributed by atoms with E-state index in [-0.39, 0.29) is 12.4 Å². The lowest BCUT2D eigenvalue weighted by atomic mass is 10.1. The average molecular weight is 307 g/mol. The van der Waals surface area contributed by atoms with Crippen LogP contribution in [0.5, 0.6) is 5.75 Å². The number of methoxy groups -OCH3 is 1. The van der Waals surface area contributed by atoms with E-state index in [9.17, 15) is 0 Å². The summed E-state index contributed by atoms with van der Waals surface area (Å²) in [5.41, 5.74) is 9.55. The minimum Gasteiger partial charge on any atom is -0.497 e. The predicted molar refractivity (Wildman–Crippen MR) is 92.6 cm³/mol. The molecule has 2 aromatic rings. The van der Waals surface area contributed by atoms with E-state index in [2.05, 4.69) is 29.9 Å². The van der Waals surface area contributed by atoms with Crippen LogP contribution in [0.25, 0.3) is 10.9 Å². The summed E-state index contributed by atoms with van der Waals surface area (Å²) >= 11 is 0. The number of hydrogen-bond acceptors (Lipinski definition) is 2. The lowest BCUT2D eigenvalue weighted by molar-refractivity contribution is 0.415. The number of ether oxygens (including phenoxy) is 1. The van der Waals surface area contributed by atoms with Gasteiger partial charge in [-0.2, -0.15) is 0 Å². The molecule has 0 radical (unpaired) electrons. The van der Waals surface area contributed by atoms with Gasteiger partial charge in [0.25, 0.3) is 0 Å². The van der Waals surface area contributed by atoms with Crippen LogP contribution in [0.4, 0.5) is 0 Å². The Bertz CT molecular complexity index is 631. The van der Waals surface area contributed by atoms with Crippen molar-refractivity contribution >= 4 is 23.3 Å². The normalized spacial score (nSPS) is 10.2. The summed E-state index contributed by atoms with van der Waals surface area (Å²) in [5.74, 6) is 0.872. The third-order valence-corrected chi connectivity index (χ3v) is 3.54. The molecule has 1 aromatic carbocycles. The highest BCUT2D eigenvalue weighted by Gasteiger charge is 2.15. The largest absolute Gasteiger partial charge is 0.497 e. The quantitative estimate of drug-likeness (QED) is 0.796. The van der Waals surface area contributed by atoms with Crippen LogP contribution < -0.4 is 10.5 Å². The van der Waals surface area contributed by atoms with Crippen LogP contribution in [0.1, 0.15) is 11.3 Å².